The molecular weight excluding hydrogens is 298 g/mol. The van der Waals surface area contributed by atoms with Gasteiger partial charge in [0, 0.05) is 32.2 Å². The highest BCUT2D eigenvalue weighted by molar-refractivity contribution is 5.85. The molecule has 7 nitrogen and oxygen atoms in total. The predicted molar refractivity (Wildman–Crippen MR) is 85.3 cm³/mol. The molecule has 0 spiro atoms. The van der Waals surface area contributed by atoms with Gasteiger partial charge in [0.2, 0.25) is 0 Å². The quantitative estimate of drug-likeness (QED) is 0.674. The van der Waals surface area contributed by atoms with Gasteiger partial charge in [0.05, 0.1) is 4.92 Å². The molecule has 1 saturated heterocycles. The van der Waals surface area contributed by atoms with Gasteiger partial charge in [-0.25, -0.2) is 0 Å². The van der Waals surface area contributed by atoms with E-state index < -0.39 is 5.60 Å². The second-order valence-corrected chi connectivity index (χ2v) is 6.26. The summed E-state index contributed by atoms with van der Waals surface area (Å²) in [6.07, 6.45) is 2.85. The van der Waals surface area contributed by atoms with Gasteiger partial charge in [-0.3, -0.25) is 14.9 Å². The van der Waals surface area contributed by atoms with Gasteiger partial charge in [-0.05, 0) is 31.7 Å². The average Bonchev–Trinajstić information content (AvgIpc) is 3.02. The summed E-state index contributed by atoms with van der Waals surface area (Å²) in [6.45, 7) is 2.03. The van der Waals surface area contributed by atoms with Crippen LogP contribution in [0, 0.1) is 10.1 Å². The lowest BCUT2D eigenvalue weighted by atomic mass is 10.00. The van der Waals surface area contributed by atoms with Gasteiger partial charge < -0.3 is 14.9 Å². The summed E-state index contributed by atoms with van der Waals surface area (Å²) in [4.78, 5) is 26.9. The van der Waals surface area contributed by atoms with Crippen molar-refractivity contribution in [2.24, 2.45) is 0 Å². The van der Waals surface area contributed by atoms with Gasteiger partial charge in [0.25, 0.3) is 11.6 Å². The molecule has 2 fully saturated rings. The third kappa shape index (κ3) is 3.01. The van der Waals surface area contributed by atoms with Crippen LogP contribution in [0.25, 0.3) is 0 Å². The Bertz CT molecular complexity index is 605. The van der Waals surface area contributed by atoms with Crippen molar-refractivity contribution < 1.29 is 14.8 Å². The summed E-state index contributed by atoms with van der Waals surface area (Å²) < 4.78 is 0. The number of aliphatic hydroxyl groups is 1. The molecule has 1 heterocycles. The minimum atomic E-state index is -1.19. The molecule has 0 atom stereocenters. The van der Waals surface area contributed by atoms with Crippen LogP contribution >= 0.6 is 0 Å². The highest BCUT2D eigenvalue weighted by Crippen LogP contribution is 2.32. The number of nitro benzene ring substituents is 1. The summed E-state index contributed by atoms with van der Waals surface area (Å²) in [5, 5.41) is 21.6. The van der Waals surface area contributed by atoms with E-state index in [0.717, 1.165) is 12.8 Å². The Kier molecular flexibility index (Phi) is 4.21. The lowest BCUT2D eigenvalue weighted by Crippen LogP contribution is -2.55. The molecule has 1 saturated carbocycles. The number of hydrogen-bond acceptors (Lipinski definition) is 5. The lowest BCUT2D eigenvalue weighted by Gasteiger charge is -2.38. The highest BCUT2D eigenvalue weighted by Gasteiger charge is 2.42. The fourth-order valence-corrected chi connectivity index (χ4v) is 3.50. The minimum absolute atomic E-state index is 0.0849. The molecule has 1 amide bonds. The zero-order chi connectivity index (χ0) is 16.4. The van der Waals surface area contributed by atoms with E-state index in [-0.39, 0.29) is 16.5 Å². The second kappa shape index (κ2) is 6.16. The van der Waals surface area contributed by atoms with Crippen molar-refractivity contribution in [3.8, 4) is 0 Å². The van der Waals surface area contributed by atoms with Gasteiger partial charge in [0.15, 0.2) is 0 Å². The highest BCUT2D eigenvalue weighted by atomic mass is 16.6. The Balaban J connectivity index is 1.67. The van der Waals surface area contributed by atoms with Gasteiger partial charge in [-0.2, -0.15) is 0 Å². The van der Waals surface area contributed by atoms with Crippen LogP contribution in [0.5, 0.6) is 0 Å². The summed E-state index contributed by atoms with van der Waals surface area (Å²) in [5.74, 6) is -0.183. The SMILES string of the molecule is O=C(N1CCN(c2ccccc2[N+](=O)[O-])CC1)C1(O)CCCC1. The van der Waals surface area contributed by atoms with E-state index in [1.54, 1.807) is 23.1 Å². The van der Waals surface area contributed by atoms with Crippen molar-refractivity contribution in [3.63, 3.8) is 0 Å². The Labute approximate surface area is 134 Å². The average molecular weight is 319 g/mol. The molecule has 7 heteroatoms. The van der Waals surface area contributed by atoms with E-state index in [9.17, 15) is 20.0 Å². The zero-order valence-electron chi connectivity index (χ0n) is 13.0. The van der Waals surface area contributed by atoms with Gasteiger partial charge in [-0.1, -0.05) is 12.1 Å². The largest absolute Gasteiger partial charge is 0.380 e. The van der Waals surface area contributed by atoms with Crippen molar-refractivity contribution in [1.29, 1.82) is 0 Å². The van der Waals surface area contributed by atoms with Crippen molar-refractivity contribution >= 4 is 17.3 Å². The summed E-state index contributed by atoms with van der Waals surface area (Å²) >= 11 is 0. The number of nitro groups is 1. The van der Waals surface area contributed by atoms with Gasteiger partial charge in [0.1, 0.15) is 11.3 Å². The van der Waals surface area contributed by atoms with Crippen LogP contribution in [-0.4, -0.2) is 52.6 Å². The molecule has 2 aliphatic rings. The maximum atomic E-state index is 12.5. The Morgan fingerprint density at radius 2 is 1.74 bits per heavy atom. The van der Waals surface area contributed by atoms with Gasteiger partial charge >= 0.3 is 0 Å². The van der Waals surface area contributed by atoms with E-state index in [4.69, 9.17) is 0 Å². The van der Waals surface area contributed by atoms with Crippen LogP contribution in [-0.2, 0) is 4.79 Å². The summed E-state index contributed by atoms with van der Waals surface area (Å²) in [5.41, 5.74) is -0.521. The first-order chi connectivity index (χ1) is 11.0. The molecular formula is C16H21N3O4. The third-order valence-electron chi connectivity index (χ3n) is 4.81. The molecule has 23 heavy (non-hydrogen) atoms. The molecule has 1 aliphatic heterocycles. The number of carbonyl (C=O) groups is 1. The van der Waals surface area contributed by atoms with Gasteiger partial charge in [-0.15, -0.1) is 0 Å². The Hall–Kier alpha value is -2.15. The maximum absolute atomic E-state index is 12.5. The van der Waals surface area contributed by atoms with E-state index in [1.165, 1.54) is 6.07 Å². The maximum Gasteiger partial charge on any atom is 0.292 e. The van der Waals surface area contributed by atoms with Crippen LogP contribution in [0.4, 0.5) is 11.4 Å². The molecule has 0 aromatic heterocycles. The van der Waals surface area contributed by atoms with Crippen LogP contribution < -0.4 is 4.90 Å². The Morgan fingerprint density at radius 1 is 1.13 bits per heavy atom. The molecule has 0 unspecified atom stereocenters. The fraction of sp³-hybridized carbons (Fsp3) is 0.562. The number of benzene rings is 1. The summed E-state index contributed by atoms with van der Waals surface area (Å²) in [6, 6.07) is 6.66. The predicted octanol–water partition coefficient (Wildman–Crippen LogP) is 1.55. The first-order valence-corrected chi connectivity index (χ1v) is 8.01. The number of carbonyl (C=O) groups excluding carboxylic acids is 1. The molecule has 1 aromatic rings. The minimum Gasteiger partial charge on any atom is -0.380 e. The number of amides is 1. The Morgan fingerprint density at radius 3 is 2.35 bits per heavy atom. The second-order valence-electron chi connectivity index (χ2n) is 6.26. The first-order valence-electron chi connectivity index (χ1n) is 8.01. The molecule has 1 aromatic carbocycles. The van der Waals surface area contributed by atoms with Crippen LogP contribution in [0.15, 0.2) is 24.3 Å². The van der Waals surface area contributed by atoms with Crippen molar-refractivity contribution in [2.45, 2.75) is 31.3 Å². The van der Waals surface area contributed by atoms with E-state index in [1.807, 2.05) is 4.90 Å². The number of para-hydroxylation sites is 2. The number of anilines is 1. The van der Waals surface area contributed by atoms with E-state index in [2.05, 4.69) is 0 Å². The smallest absolute Gasteiger partial charge is 0.292 e. The summed E-state index contributed by atoms with van der Waals surface area (Å²) in [7, 11) is 0. The number of hydrogen-bond donors (Lipinski definition) is 1. The van der Waals surface area contributed by atoms with E-state index in [0.29, 0.717) is 44.7 Å². The standard InChI is InChI=1S/C16H21N3O4/c20-15(16(21)7-3-4-8-16)18-11-9-17(10-12-18)13-5-1-2-6-14(13)19(22)23/h1-2,5-6,21H,3-4,7-12H2. The topological polar surface area (TPSA) is 86.9 Å². The normalized spacial score (nSPS) is 20.6. The first kappa shape index (κ1) is 15.7. The third-order valence-corrected chi connectivity index (χ3v) is 4.81. The molecule has 0 bridgehead atoms. The van der Waals surface area contributed by atoms with Crippen molar-refractivity contribution in [2.75, 3.05) is 31.1 Å². The molecule has 1 aliphatic carbocycles. The number of rotatable bonds is 3. The zero-order valence-corrected chi connectivity index (χ0v) is 13.0. The molecule has 124 valence electrons. The van der Waals surface area contributed by atoms with Crippen molar-refractivity contribution in [3.05, 3.63) is 34.4 Å². The monoisotopic (exact) mass is 319 g/mol. The molecule has 3 rings (SSSR count). The molecule has 0 radical (unpaired) electrons. The van der Waals surface area contributed by atoms with Crippen LogP contribution in [0.3, 0.4) is 0 Å². The number of nitrogens with zero attached hydrogens (tertiary/aromatic N) is 3. The molecule has 1 N–H and O–H groups in total. The van der Waals surface area contributed by atoms with Crippen molar-refractivity contribution in [1.82, 2.24) is 4.90 Å². The van der Waals surface area contributed by atoms with Crippen LogP contribution in [0.2, 0.25) is 0 Å². The number of piperazine rings is 1. The lowest BCUT2D eigenvalue weighted by molar-refractivity contribution is -0.384. The fourth-order valence-electron chi connectivity index (χ4n) is 3.50. The van der Waals surface area contributed by atoms with Crippen LogP contribution in [0.1, 0.15) is 25.7 Å². The van der Waals surface area contributed by atoms with E-state index >= 15 is 0 Å².